The van der Waals surface area contributed by atoms with E-state index in [-0.39, 0.29) is 5.97 Å². The first-order valence-electron chi connectivity index (χ1n) is 7.01. The van der Waals surface area contributed by atoms with Gasteiger partial charge in [-0.1, -0.05) is 0 Å². The van der Waals surface area contributed by atoms with Crippen molar-refractivity contribution < 1.29 is 9.53 Å². The summed E-state index contributed by atoms with van der Waals surface area (Å²) in [5.41, 5.74) is 3.17. The highest BCUT2D eigenvalue weighted by Gasteiger charge is 2.47. The van der Waals surface area contributed by atoms with Crippen LogP contribution in [0.4, 0.5) is 5.69 Å². The van der Waals surface area contributed by atoms with E-state index in [1.165, 1.54) is 44.3 Å². The Morgan fingerprint density at radius 1 is 1.37 bits per heavy atom. The fourth-order valence-electron chi connectivity index (χ4n) is 4.02. The van der Waals surface area contributed by atoms with Gasteiger partial charge in [0.05, 0.1) is 18.8 Å². The van der Waals surface area contributed by atoms with Crippen molar-refractivity contribution >= 4 is 11.7 Å². The Labute approximate surface area is 112 Å². The molecule has 0 spiro atoms. The highest BCUT2D eigenvalue weighted by Crippen LogP contribution is 2.49. The molecule has 4 aliphatic heterocycles. The number of rotatable bonds is 1. The van der Waals surface area contributed by atoms with Gasteiger partial charge in [-0.15, -0.1) is 0 Å². The predicted octanol–water partition coefficient (Wildman–Crippen LogP) is 2.03. The molecule has 4 aliphatic rings. The summed E-state index contributed by atoms with van der Waals surface area (Å²) < 4.78 is 4.82. The molecule has 4 nitrogen and oxygen atoms in total. The molecule has 0 radical (unpaired) electrons. The number of esters is 1. The van der Waals surface area contributed by atoms with Crippen LogP contribution >= 0.6 is 0 Å². The minimum Gasteiger partial charge on any atom is -0.465 e. The summed E-state index contributed by atoms with van der Waals surface area (Å²) in [5, 5.41) is 3.63. The van der Waals surface area contributed by atoms with Gasteiger partial charge < -0.3 is 10.1 Å². The summed E-state index contributed by atoms with van der Waals surface area (Å²) in [6, 6.07) is 5.91. The Morgan fingerprint density at radius 3 is 2.89 bits per heavy atom. The summed E-state index contributed by atoms with van der Waals surface area (Å²) in [6.45, 7) is 2.41. The van der Waals surface area contributed by atoms with Crippen LogP contribution in [0.1, 0.15) is 34.7 Å². The van der Waals surface area contributed by atoms with Crippen molar-refractivity contribution in [2.45, 2.75) is 24.9 Å². The van der Waals surface area contributed by atoms with Crippen LogP contribution in [0.3, 0.4) is 0 Å². The third kappa shape index (κ3) is 1.53. The number of methoxy groups -OCH3 is 1. The molecule has 1 aromatic carbocycles. The van der Waals surface area contributed by atoms with Gasteiger partial charge in [0, 0.05) is 24.7 Å². The summed E-state index contributed by atoms with van der Waals surface area (Å²) in [4.78, 5) is 14.2. The average Bonchev–Trinajstić information content (AvgIpc) is 2.88. The van der Waals surface area contributed by atoms with Crippen molar-refractivity contribution in [2.24, 2.45) is 5.92 Å². The molecule has 3 saturated heterocycles. The van der Waals surface area contributed by atoms with Crippen LogP contribution in [0.15, 0.2) is 18.2 Å². The first-order chi connectivity index (χ1) is 9.28. The van der Waals surface area contributed by atoms with E-state index in [0.717, 1.165) is 5.92 Å². The molecule has 1 aromatic rings. The van der Waals surface area contributed by atoms with E-state index in [0.29, 0.717) is 17.6 Å². The fraction of sp³-hybridized carbons (Fsp3) is 0.533. The molecule has 4 heteroatoms. The second-order valence-corrected chi connectivity index (χ2v) is 5.78. The molecule has 2 bridgehead atoms. The number of nitrogens with one attached hydrogen (secondary N) is 1. The van der Waals surface area contributed by atoms with Crippen molar-refractivity contribution in [3.05, 3.63) is 29.3 Å². The summed E-state index contributed by atoms with van der Waals surface area (Å²) in [5.74, 6) is 1.06. The molecule has 2 atom stereocenters. The normalized spacial score (nSPS) is 34.4. The van der Waals surface area contributed by atoms with Gasteiger partial charge in [0.1, 0.15) is 0 Å². The van der Waals surface area contributed by atoms with Gasteiger partial charge in [0.15, 0.2) is 0 Å². The summed E-state index contributed by atoms with van der Waals surface area (Å²) >= 11 is 0. The van der Waals surface area contributed by atoms with Crippen molar-refractivity contribution in [1.82, 2.24) is 4.90 Å². The lowest BCUT2D eigenvalue weighted by atomic mass is 9.74. The lowest BCUT2D eigenvalue weighted by Gasteiger charge is -2.48. The maximum absolute atomic E-state index is 11.7. The Kier molecular flexibility index (Phi) is 2.36. The lowest BCUT2D eigenvalue weighted by Crippen LogP contribution is -2.54. The highest BCUT2D eigenvalue weighted by atomic mass is 16.5. The predicted molar refractivity (Wildman–Crippen MR) is 72.2 cm³/mol. The molecule has 19 heavy (non-hydrogen) atoms. The van der Waals surface area contributed by atoms with Gasteiger partial charge in [-0.3, -0.25) is 4.90 Å². The van der Waals surface area contributed by atoms with Gasteiger partial charge in [-0.05, 0) is 42.5 Å². The molecule has 100 valence electrons. The molecule has 4 heterocycles. The fourth-order valence-corrected chi connectivity index (χ4v) is 4.02. The number of carbonyl (C=O) groups excluding carboxylic acids is 1. The van der Waals surface area contributed by atoms with Crippen molar-refractivity contribution in [2.75, 3.05) is 25.5 Å². The average molecular weight is 258 g/mol. The van der Waals surface area contributed by atoms with E-state index in [1.54, 1.807) is 0 Å². The van der Waals surface area contributed by atoms with Crippen molar-refractivity contribution in [1.29, 1.82) is 0 Å². The summed E-state index contributed by atoms with van der Waals surface area (Å²) in [7, 11) is 1.44. The maximum Gasteiger partial charge on any atom is 0.337 e. The Hall–Kier alpha value is -1.55. The van der Waals surface area contributed by atoms with Crippen molar-refractivity contribution in [3.63, 3.8) is 0 Å². The molecule has 0 aliphatic carbocycles. The molecular formula is C15H18N2O2. The van der Waals surface area contributed by atoms with E-state index >= 15 is 0 Å². The van der Waals surface area contributed by atoms with Crippen LogP contribution in [0, 0.1) is 5.92 Å². The zero-order chi connectivity index (χ0) is 13.0. The zero-order valence-electron chi connectivity index (χ0n) is 11.1. The van der Waals surface area contributed by atoms with E-state index in [4.69, 9.17) is 4.74 Å². The number of carbonyl (C=O) groups is 1. The topological polar surface area (TPSA) is 41.6 Å². The third-order valence-corrected chi connectivity index (χ3v) is 4.95. The standard InChI is InChI=1S/C15H18N2O2/c1-19-15(18)10-2-3-12-11(8-10)13-9-4-6-17(7-5-9)14(13)16-12/h2-3,8-9,13-14,16H,4-7H2,1H3. The Bertz CT molecular complexity index is 535. The second-order valence-electron chi connectivity index (χ2n) is 5.78. The smallest absolute Gasteiger partial charge is 0.337 e. The Balaban J connectivity index is 1.75. The van der Waals surface area contributed by atoms with Crippen LogP contribution in [-0.2, 0) is 4.74 Å². The number of benzene rings is 1. The first-order valence-corrected chi connectivity index (χ1v) is 7.01. The highest BCUT2D eigenvalue weighted by molar-refractivity contribution is 5.90. The number of ether oxygens (including phenoxy) is 1. The molecule has 5 rings (SSSR count). The van der Waals surface area contributed by atoms with Gasteiger partial charge in [0.2, 0.25) is 0 Å². The minimum absolute atomic E-state index is 0.243. The number of hydrogen-bond donors (Lipinski definition) is 1. The van der Waals surface area contributed by atoms with E-state index < -0.39 is 0 Å². The van der Waals surface area contributed by atoms with Gasteiger partial charge in [0.25, 0.3) is 0 Å². The molecule has 0 aromatic heterocycles. The monoisotopic (exact) mass is 258 g/mol. The third-order valence-electron chi connectivity index (χ3n) is 4.95. The van der Waals surface area contributed by atoms with Gasteiger partial charge in [-0.2, -0.15) is 0 Å². The van der Waals surface area contributed by atoms with E-state index in [9.17, 15) is 4.79 Å². The zero-order valence-corrected chi connectivity index (χ0v) is 11.1. The number of hydrogen-bond acceptors (Lipinski definition) is 4. The van der Waals surface area contributed by atoms with Crippen molar-refractivity contribution in [3.8, 4) is 0 Å². The van der Waals surface area contributed by atoms with E-state index in [1.807, 2.05) is 18.2 Å². The number of fused-ring (bicyclic) bond motifs is 3. The number of nitrogens with zero attached hydrogens (tertiary/aromatic N) is 1. The Morgan fingerprint density at radius 2 is 2.16 bits per heavy atom. The molecule has 0 amide bonds. The van der Waals surface area contributed by atoms with Crippen LogP contribution in [0.2, 0.25) is 0 Å². The van der Waals surface area contributed by atoms with Crippen LogP contribution in [0.25, 0.3) is 0 Å². The maximum atomic E-state index is 11.7. The molecule has 2 unspecified atom stereocenters. The van der Waals surface area contributed by atoms with Crippen LogP contribution in [0.5, 0.6) is 0 Å². The van der Waals surface area contributed by atoms with Gasteiger partial charge in [-0.25, -0.2) is 4.79 Å². The molecule has 3 fully saturated rings. The lowest BCUT2D eigenvalue weighted by molar-refractivity contribution is 0.0460. The minimum atomic E-state index is -0.243. The van der Waals surface area contributed by atoms with Crippen LogP contribution < -0.4 is 5.32 Å². The molecule has 1 N–H and O–H groups in total. The first kappa shape index (κ1) is 11.3. The van der Waals surface area contributed by atoms with Gasteiger partial charge >= 0.3 is 5.97 Å². The largest absolute Gasteiger partial charge is 0.465 e. The second kappa shape index (κ2) is 3.97. The summed E-state index contributed by atoms with van der Waals surface area (Å²) in [6.07, 6.45) is 3.01. The SMILES string of the molecule is COC(=O)c1ccc2c(c1)C1C3CCN(CC3)C1N2. The van der Waals surface area contributed by atoms with E-state index in [2.05, 4.69) is 10.2 Å². The number of piperidine rings is 3. The quantitative estimate of drug-likeness (QED) is 0.783. The van der Waals surface area contributed by atoms with Crippen LogP contribution in [-0.4, -0.2) is 37.2 Å². The molecule has 0 saturated carbocycles. The molecular weight excluding hydrogens is 240 g/mol. The number of anilines is 1.